The maximum Gasteiger partial charge on any atom is 0.252 e. The topological polar surface area (TPSA) is 100 Å². The van der Waals surface area contributed by atoms with Gasteiger partial charge in [-0.15, -0.1) is 0 Å². The number of hydrogen-bond donors (Lipinski definition) is 3. The van der Waals surface area contributed by atoms with Crippen LogP contribution in [-0.2, 0) is 0 Å². The first-order valence-corrected chi connectivity index (χ1v) is 10.3. The minimum absolute atomic E-state index is 0.0182. The number of aromatic nitrogens is 1. The number of hydrogen-bond acceptors (Lipinski definition) is 5. The fraction of sp³-hybridized carbons (Fsp3) is 0.208. The number of benzene rings is 2. The molecule has 1 aromatic heterocycles. The lowest BCUT2D eigenvalue weighted by Crippen LogP contribution is -2.48. The van der Waals surface area contributed by atoms with Gasteiger partial charge in [0.25, 0.3) is 11.8 Å². The molecule has 0 radical (unpaired) electrons. The lowest BCUT2D eigenvalue weighted by molar-refractivity contribution is 0.0932. The lowest BCUT2D eigenvalue weighted by Gasteiger charge is -2.34. The Morgan fingerprint density at radius 1 is 0.968 bits per heavy atom. The number of anilines is 3. The van der Waals surface area contributed by atoms with Gasteiger partial charge >= 0.3 is 0 Å². The smallest absolute Gasteiger partial charge is 0.252 e. The van der Waals surface area contributed by atoms with Crippen LogP contribution in [0.1, 0.15) is 33.6 Å². The molecule has 2 amide bonds. The van der Waals surface area contributed by atoms with E-state index in [1.54, 1.807) is 12.1 Å². The number of para-hydroxylation sites is 1. The number of primary amides is 1. The number of nitrogens with zero attached hydrogens (tertiary/aromatic N) is 2. The Balaban J connectivity index is 1.51. The normalized spacial score (nSPS) is 15.9. The van der Waals surface area contributed by atoms with Crippen LogP contribution in [0.25, 0.3) is 0 Å². The first-order valence-electron chi connectivity index (χ1n) is 10.3. The van der Waals surface area contributed by atoms with Crippen LogP contribution in [0.5, 0.6) is 0 Å². The molecule has 2 aromatic carbocycles. The summed E-state index contributed by atoms with van der Waals surface area (Å²) in [5.41, 5.74) is 7.35. The van der Waals surface area contributed by atoms with Gasteiger partial charge in [0.05, 0.1) is 5.56 Å². The summed E-state index contributed by atoms with van der Waals surface area (Å²) in [4.78, 5) is 31.2. The molecular formula is C24H25N5O2. The highest BCUT2D eigenvalue weighted by Crippen LogP contribution is 2.25. The van der Waals surface area contributed by atoms with E-state index in [1.165, 1.54) is 0 Å². The second-order valence-electron chi connectivity index (χ2n) is 7.55. The lowest BCUT2D eigenvalue weighted by atomic mass is 10.0. The minimum Gasteiger partial charge on any atom is -0.365 e. The second-order valence-corrected chi connectivity index (χ2v) is 7.55. The summed E-state index contributed by atoms with van der Waals surface area (Å²) in [5.74, 6) is 0.550. The van der Waals surface area contributed by atoms with Gasteiger partial charge in [0.1, 0.15) is 11.6 Å². The zero-order valence-electron chi connectivity index (χ0n) is 17.1. The Kier molecular flexibility index (Phi) is 6.12. The van der Waals surface area contributed by atoms with Crippen molar-refractivity contribution in [2.75, 3.05) is 23.3 Å². The monoisotopic (exact) mass is 415 g/mol. The Labute approximate surface area is 181 Å². The standard InChI is InChI=1S/C24H25N5O2/c25-22(30)20-13-14-21(28-23(20)26-18-10-5-2-6-11-18)29-15-7-12-19(16-29)27-24(31)17-8-3-1-4-9-17/h1-6,8-11,13-14,19H,7,12,15-16H2,(H2,25,30)(H,26,28)(H,27,31). The number of rotatable bonds is 6. The number of carbonyl (C=O) groups is 2. The molecule has 0 spiro atoms. The van der Waals surface area contributed by atoms with E-state index in [0.717, 1.165) is 30.9 Å². The van der Waals surface area contributed by atoms with Crippen molar-refractivity contribution in [2.45, 2.75) is 18.9 Å². The van der Waals surface area contributed by atoms with Crippen molar-refractivity contribution in [3.05, 3.63) is 83.9 Å². The predicted molar refractivity (Wildman–Crippen MR) is 122 cm³/mol. The molecule has 1 aliphatic rings. The van der Waals surface area contributed by atoms with Gasteiger partial charge in [-0.1, -0.05) is 36.4 Å². The van der Waals surface area contributed by atoms with Crippen molar-refractivity contribution >= 4 is 29.1 Å². The molecule has 158 valence electrons. The molecule has 1 fully saturated rings. The number of piperidine rings is 1. The summed E-state index contributed by atoms with van der Waals surface area (Å²) in [6.45, 7) is 1.47. The largest absolute Gasteiger partial charge is 0.365 e. The molecule has 1 atom stereocenters. The molecule has 1 unspecified atom stereocenters. The number of amides is 2. The van der Waals surface area contributed by atoms with Crippen LogP contribution in [0.4, 0.5) is 17.3 Å². The minimum atomic E-state index is -0.538. The van der Waals surface area contributed by atoms with Gasteiger partial charge in [-0.2, -0.15) is 0 Å². The highest BCUT2D eigenvalue weighted by atomic mass is 16.2. The van der Waals surface area contributed by atoms with Crippen molar-refractivity contribution in [1.82, 2.24) is 10.3 Å². The number of pyridine rings is 1. The van der Waals surface area contributed by atoms with Gasteiger partial charge in [0.2, 0.25) is 0 Å². The highest BCUT2D eigenvalue weighted by Gasteiger charge is 2.24. The van der Waals surface area contributed by atoms with Gasteiger partial charge in [-0.25, -0.2) is 4.98 Å². The van der Waals surface area contributed by atoms with Crippen LogP contribution in [0.2, 0.25) is 0 Å². The molecule has 1 aliphatic heterocycles. The maximum atomic E-state index is 12.5. The summed E-state index contributed by atoms with van der Waals surface area (Å²) < 4.78 is 0. The second kappa shape index (κ2) is 9.30. The SMILES string of the molecule is NC(=O)c1ccc(N2CCCC(NC(=O)c3ccccc3)C2)nc1Nc1ccccc1. The van der Waals surface area contributed by atoms with E-state index in [4.69, 9.17) is 5.73 Å². The Morgan fingerprint density at radius 3 is 2.39 bits per heavy atom. The van der Waals surface area contributed by atoms with Crippen molar-refractivity contribution in [2.24, 2.45) is 5.73 Å². The van der Waals surface area contributed by atoms with Crippen LogP contribution in [0.15, 0.2) is 72.8 Å². The molecule has 2 heterocycles. The van der Waals surface area contributed by atoms with Crippen LogP contribution < -0.4 is 21.3 Å². The molecule has 0 bridgehead atoms. The molecule has 4 N–H and O–H groups in total. The quantitative estimate of drug-likeness (QED) is 0.573. The predicted octanol–water partition coefficient (Wildman–Crippen LogP) is 3.32. The van der Waals surface area contributed by atoms with Gasteiger partial charge in [-0.05, 0) is 49.2 Å². The molecule has 4 rings (SSSR count). The molecule has 3 aromatic rings. The average molecular weight is 415 g/mol. The maximum absolute atomic E-state index is 12.5. The van der Waals surface area contributed by atoms with Crippen LogP contribution in [0, 0.1) is 0 Å². The fourth-order valence-corrected chi connectivity index (χ4v) is 3.74. The summed E-state index contributed by atoms with van der Waals surface area (Å²) in [5, 5.41) is 6.31. The van der Waals surface area contributed by atoms with Gasteiger partial charge in [0.15, 0.2) is 0 Å². The van der Waals surface area contributed by atoms with Crippen LogP contribution in [0.3, 0.4) is 0 Å². The molecule has 0 saturated carbocycles. The average Bonchev–Trinajstić information content (AvgIpc) is 2.80. The Hall–Kier alpha value is -3.87. The van der Waals surface area contributed by atoms with E-state index in [9.17, 15) is 9.59 Å². The summed E-state index contributed by atoms with van der Waals surface area (Å²) >= 11 is 0. The van der Waals surface area contributed by atoms with Crippen LogP contribution >= 0.6 is 0 Å². The molecule has 7 heteroatoms. The summed E-state index contributed by atoms with van der Waals surface area (Å²) in [7, 11) is 0. The zero-order valence-corrected chi connectivity index (χ0v) is 17.1. The number of carbonyl (C=O) groups excluding carboxylic acids is 2. The third-order valence-electron chi connectivity index (χ3n) is 5.30. The Bertz CT molecular complexity index is 1060. The molecule has 1 saturated heterocycles. The summed E-state index contributed by atoms with van der Waals surface area (Å²) in [6, 6.07) is 22.3. The van der Waals surface area contributed by atoms with E-state index >= 15 is 0 Å². The van der Waals surface area contributed by atoms with Gasteiger partial charge < -0.3 is 21.3 Å². The van der Waals surface area contributed by atoms with E-state index in [1.807, 2.05) is 60.7 Å². The van der Waals surface area contributed by atoms with E-state index in [-0.39, 0.29) is 11.9 Å². The third-order valence-corrected chi connectivity index (χ3v) is 5.30. The highest BCUT2D eigenvalue weighted by molar-refractivity contribution is 5.98. The molecule has 7 nitrogen and oxygen atoms in total. The van der Waals surface area contributed by atoms with Crippen LogP contribution in [-0.4, -0.2) is 35.9 Å². The zero-order chi connectivity index (χ0) is 21.6. The first kappa shape index (κ1) is 20.4. The molecular weight excluding hydrogens is 390 g/mol. The van der Waals surface area contributed by atoms with Crippen molar-refractivity contribution in [3.63, 3.8) is 0 Å². The van der Waals surface area contributed by atoms with Crippen molar-refractivity contribution in [3.8, 4) is 0 Å². The van der Waals surface area contributed by atoms with E-state index in [2.05, 4.69) is 20.5 Å². The van der Waals surface area contributed by atoms with Crippen molar-refractivity contribution in [1.29, 1.82) is 0 Å². The number of nitrogens with one attached hydrogen (secondary N) is 2. The number of nitrogens with two attached hydrogens (primary N) is 1. The van der Waals surface area contributed by atoms with E-state index in [0.29, 0.717) is 23.5 Å². The van der Waals surface area contributed by atoms with E-state index < -0.39 is 5.91 Å². The molecule has 0 aliphatic carbocycles. The Morgan fingerprint density at radius 2 is 1.68 bits per heavy atom. The third kappa shape index (κ3) is 5.01. The van der Waals surface area contributed by atoms with Gasteiger partial charge in [-0.3, -0.25) is 9.59 Å². The van der Waals surface area contributed by atoms with Crippen molar-refractivity contribution < 1.29 is 9.59 Å². The van der Waals surface area contributed by atoms with Gasteiger partial charge in [0, 0.05) is 30.4 Å². The first-order chi connectivity index (χ1) is 15.1. The fourth-order valence-electron chi connectivity index (χ4n) is 3.74. The molecule has 31 heavy (non-hydrogen) atoms. The summed E-state index contributed by atoms with van der Waals surface area (Å²) in [6.07, 6.45) is 1.84.